The Morgan fingerprint density at radius 1 is 1.56 bits per heavy atom. The van der Waals surface area contributed by atoms with E-state index in [0.717, 1.165) is 30.9 Å². The number of nitrogens with one attached hydrogen (secondary N) is 1. The molecule has 0 rings (SSSR count). The van der Waals surface area contributed by atoms with Crippen molar-refractivity contribution in [3.63, 3.8) is 0 Å². The van der Waals surface area contributed by atoms with E-state index in [-0.39, 0.29) is 5.91 Å². The van der Waals surface area contributed by atoms with Crippen molar-refractivity contribution in [2.45, 2.75) is 26.2 Å². The monoisotopic (exact) mass is 244 g/mol. The molecule has 3 N–H and O–H groups in total. The number of hydrogen-bond donors (Lipinski definition) is 2. The minimum atomic E-state index is 0.156. The van der Waals surface area contributed by atoms with Crippen LogP contribution in [0.2, 0.25) is 0 Å². The largest absolute Gasteiger partial charge is 0.355 e. The van der Waals surface area contributed by atoms with Gasteiger partial charge >= 0.3 is 0 Å². The van der Waals surface area contributed by atoms with Gasteiger partial charge in [0.05, 0.1) is 0 Å². The summed E-state index contributed by atoms with van der Waals surface area (Å²) < 4.78 is 0. The van der Waals surface area contributed by atoms with Gasteiger partial charge < -0.3 is 11.1 Å². The maximum atomic E-state index is 11.4. The summed E-state index contributed by atoms with van der Waals surface area (Å²) in [4.78, 5) is 11.4. The Morgan fingerprint density at radius 2 is 2.31 bits per heavy atom. The van der Waals surface area contributed by atoms with Crippen LogP contribution >= 0.6 is 11.8 Å². The molecule has 94 valence electrons. The van der Waals surface area contributed by atoms with Crippen molar-refractivity contribution in [3.05, 3.63) is 12.7 Å². The van der Waals surface area contributed by atoms with Crippen LogP contribution in [0.3, 0.4) is 0 Å². The highest BCUT2D eigenvalue weighted by atomic mass is 32.2. The third kappa shape index (κ3) is 10.1. The van der Waals surface area contributed by atoms with E-state index >= 15 is 0 Å². The number of hydrogen-bond acceptors (Lipinski definition) is 3. The van der Waals surface area contributed by atoms with Crippen LogP contribution in [0.15, 0.2) is 12.7 Å². The first kappa shape index (κ1) is 15.5. The number of rotatable bonds is 10. The molecule has 16 heavy (non-hydrogen) atoms. The molecule has 0 aromatic heterocycles. The number of carbonyl (C=O) groups is 1. The molecule has 0 saturated carbocycles. The number of carbonyl (C=O) groups excluding carboxylic acids is 1. The average Bonchev–Trinajstić information content (AvgIpc) is 2.26. The molecule has 0 aliphatic carbocycles. The van der Waals surface area contributed by atoms with Crippen LogP contribution in [0.1, 0.15) is 26.2 Å². The molecule has 0 bridgehead atoms. The Labute approximate surface area is 103 Å². The zero-order valence-corrected chi connectivity index (χ0v) is 11.0. The second-order valence-electron chi connectivity index (χ2n) is 3.93. The lowest BCUT2D eigenvalue weighted by Gasteiger charge is -2.09. The van der Waals surface area contributed by atoms with E-state index in [1.54, 1.807) is 11.8 Å². The molecule has 0 radical (unpaired) electrons. The first-order chi connectivity index (χ1) is 7.70. The molecule has 0 heterocycles. The van der Waals surface area contributed by atoms with Gasteiger partial charge in [-0.1, -0.05) is 13.0 Å². The van der Waals surface area contributed by atoms with Gasteiger partial charge in [-0.05, 0) is 25.3 Å². The van der Waals surface area contributed by atoms with Crippen LogP contribution in [-0.2, 0) is 4.79 Å². The zero-order valence-electron chi connectivity index (χ0n) is 10.2. The molecule has 1 atom stereocenters. The summed E-state index contributed by atoms with van der Waals surface area (Å²) in [7, 11) is 0. The van der Waals surface area contributed by atoms with Gasteiger partial charge in [-0.15, -0.1) is 6.58 Å². The van der Waals surface area contributed by atoms with Gasteiger partial charge in [0, 0.05) is 24.5 Å². The van der Waals surface area contributed by atoms with Crippen molar-refractivity contribution < 1.29 is 4.79 Å². The quantitative estimate of drug-likeness (QED) is 0.455. The lowest BCUT2D eigenvalue weighted by atomic mass is 10.0. The molecule has 0 spiro atoms. The van der Waals surface area contributed by atoms with Gasteiger partial charge in [0.1, 0.15) is 0 Å². The van der Waals surface area contributed by atoms with Gasteiger partial charge in [0.15, 0.2) is 0 Å². The van der Waals surface area contributed by atoms with Crippen molar-refractivity contribution in [1.82, 2.24) is 5.32 Å². The van der Waals surface area contributed by atoms with E-state index in [4.69, 9.17) is 5.73 Å². The zero-order chi connectivity index (χ0) is 12.2. The third-order valence-electron chi connectivity index (χ3n) is 2.33. The molecule has 0 saturated heterocycles. The lowest BCUT2D eigenvalue weighted by Crippen LogP contribution is -2.26. The molecule has 1 amide bonds. The first-order valence-corrected chi connectivity index (χ1v) is 7.01. The Balaban J connectivity index is 3.33. The van der Waals surface area contributed by atoms with Gasteiger partial charge in [-0.3, -0.25) is 4.79 Å². The maximum Gasteiger partial charge on any atom is 0.220 e. The molecule has 4 heteroatoms. The van der Waals surface area contributed by atoms with E-state index in [1.807, 2.05) is 6.08 Å². The highest BCUT2D eigenvalue weighted by molar-refractivity contribution is 7.99. The fourth-order valence-corrected chi connectivity index (χ4v) is 1.90. The van der Waals surface area contributed by atoms with Crippen LogP contribution in [0.5, 0.6) is 0 Å². The summed E-state index contributed by atoms with van der Waals surface area (Å²) in [6.45, 7) is 7.24. The van der Waals surface area contributed by atoms with E-state index in [1.165, 1.54) is 0 Å². The molecule has 3 nitrogen and oxygen atoms in total. The highest BCUT2D eigenvalue weighted by Crippen LogP contribution is 2.08. The SMILES string of the molecule is C=CCSCCNC(=O)CCC(C)CCN. The summed E-state index contributed by atoms with van der Waals surface area (Å²) in [5, 5.41) is 2.91. The van der Waals surface area contributed by atoms with Crippen LogP contribution in [-0.4, -0.2) is 30.5 Å². The minimum Gasteiger partial charge on any atom is -0.355 e. The van der Waals surface area contributed by atoms with Crippen molar-refractivity contribution >= 4 is 17.7 Å². The maximum absolute atomic E-state index is 11.4. The Morgan fingerprint density at radius 3 is 2.94 bits per heavy atom. The van der Waals surface area contributed by atoms with Gasteiger partial charge in [-0.2, -0.15) is 11.8 Å². The van der Waals surface area contributed by atoms with Crippen LogP contribution < -0.4 is 11.1 Å². The average molecular weight is 244 g/mol. The topological polar surface area (TPSA) is 55.1 Å². The van der Waals surface area contributed by atoms with E-state index in [9.17, 15) is 4.79 Å². The summed E-state index contributed by atoms with van der Waals surface area (Å²) in [5.41, 5.74) is 5.45. The van der Waals surface area contributed by atoms with Gasteiger partial charge in [-0.25, -0.2) is 0 Å². The standard InChI is InChI=1S/C12H24N2OS/c1-3-9-16-10-8-14-12(15)5-4-11(2)6-7-13/h3,11H,1,4-10,13H2,2H3,(H,14,15). The smallest absolute Gasteiger partial charge is 0.220 e. The molecule has 1 unspecified atom stereocenters. The van der Waals surface area contributed by atoms with Gasteiger partial charge in [0.25, 0.3) is 0 Å². The number of amides is 1. The first-order valence-electron chi connectivity index (χ1n) is 5.86. The summed E-state index contributed by atoms with van der Waals surface area (Å²) >= 11 is 1.78. The Bertz CT molecular complexity index is 197. The predicted octanol–water partition coefficient (Wildman–Crippen LogP) is 1.79. The fourth-order valence-electron chi connectivity index (χ4n) is 1.32. The molecular formula is C12H24N2OS. The normalized spacial score (nSPS) is 12.1. The van der Waals surface area contributed by atoms with Crippen molar-refractivity contribution in [3.8, 4) is 0 Å². The molecule has 0 aliphatic heterocycles. The van der Waals surface area contributed by atoms with Crippen molar-refractivity contribution in [2.75, 3.05) is 24.6 Å². The van der Waals surface area contributed by atoms with E-state index in [0.29, 0.717) is 18.9 Å². The van der Waals surface area contributed by atoms with E-state index in [2.05, 4.69) is 18.8 Å². The summed E-state index contributed by atoms with van der Waals surface area (Å²) in [5.74, 6) is 2.61. The third-order valence-corrected chi connectivity index (χ3v) is 3.29. The van der Waals surface area contributed by atoms with Crippen LogP contribution in [0, 0.1) is 5.92 Å². The molecule has 0 fully saturated rings. The predicted molar refractivity (Wildman–Crippen MR) is 72.6 cm³/mol. The summed E-state index contributed by atoms with van der Waals surface area (Å²) in [6, 6.07) is 0. The van der Waals surface area contributed by atoms with Crippen LogP contribution in [0.25, 0.3) is 0 Å². The molecular weight excluding hydrogens is 220 g/mol. The Kier molecular flexibility index (Phi) is 10.7. The minimum absolute atomic E-state index is 0.156. The fraction of sp³-hybridized carbons (Fsp3) is 0.750. The summed E-state index contributed by atoms with van der Waals surface area (Å²) in [6.07, 6.45) is 4.43. The number of thioether (sulfide) groups is 1. The molecule has 0 aliphatic rings. The number of nitrogens with two attached hydrogens (primary N) is 1. The second-order valence-corrected chi connectivity index (χ2v) is 5.08. The molecule has 0 aromatic rings. The Hall–Kier alpha value is -0.480. The van der Waals surface area contributed by atoms with Crippen molar-refractivity contribution in [2.24, 2.45) is 11.7 Å². The lowest BCUT2D eigenvalue weighted by molar-refractivity contribution is -0.121. The highest BCUT2D eigenvalue weighted by Gasteiger charge is 2.05. The van der Waals surface area contributed by atoms with E-state index < -0.39 is 0 Å². The van der Waals surface area contributed by atoms with Crippen LogP contribution in [0.4, 0.5) is 0 Å². The van der Waals surface area contributed by atoms with Crippen molar-refractivity contribution in [1.29, 1.82) is 0 Å². The molecule has 0 aromatic carbocycles. The van der Waals surface area contributed by atoms with Gasteiger partial charge in [0.2, 0.25) is 5.91 Å². The second kappa shape index (κ2) is 11.0.